The first-order valence-electron chi connectivity index (χ1n) is 8.59. The maximum Gasteiger partial charge on any atom is 0.339 e. The Kier molecular flexibility index (Phi) is 5.83. The molecule has 0 aromatic heterocycles. The monoisotopic (exact) mass is 368 g/mol. The number of esters is 1. The zero-order valence-electron chi connectivity index (χ0n) is 14.9. The Morgan fingerprint density at radius 1 is 1.04 bits per heavy atom. The lowest BCUT2D eigenvalue weighted by atomic mass is 10.1. The van der Waals surface area contributed by atoms with Gasteiger partial charge in [-0.2, -0.15) is 0 Å². The molecule has 0 unspecified atom stereocenters. The molecule has 1 atom stereocenters. The van der Waals surface area contributed by atoms with E-state index in [0.717, 1.165) is 6.42 Å². The summed E-state index contributed by atoms with van der Waals surface area (Å²) in [6.07, 6.45) is 1.18. The maximum absolute atomic E-state index is 12.4. The number of hydrogen-bond donors (Lipinski definition) is 2. The van der Waals surface area contributed by atoms with Crippen molar-refractivity contribution in [1.29, 1.82) is 0 Å². The molecular formula is C20H20N2O5. The Morgan fingerprint density at radius 3 is 2.44 bits per heavy atom. The molecule has 0 bridgehead atoms. The molecule has 1 aliphatic rings. The van der Waals surface area contributed by atoms with Gasteiger partial charge in [0.05, 0.1) is 18.4 Å². The molecule has 0 aliphatic carbocycles. The Bertz CT molecular complexity index is 842. The van der Waals surface area contributed by atoms with E-state index in [1.807, 2.05) is 0 Å². The number of hydrogen-bond acceptors (Lipinski definition) is 5. The van der Waals surface area contributed by atoms with E-state index in [1.165, 1.54) is 7.11 Å². The molecule has 1 heterocycles. The maximum atomic E-state index is 12.4. The molecule has 2 aromatic carbocycles. The number of nitrogens with one attached hydrogen (secondary N) is 2. The SMILES string of the molecule is COC(=O)c1ccccc1NC(=O)c1ccc(NC(=O)[C@@H]2CCCO2)cc1. The van der Waals surface area contributed by atoms with Crippen molar-refractivity contribution in [3.05, 3.63) is 59.7 Å². The molecular weight excluding hydrogens is 348 g/mol. The van der Waals surface area contributed by atoms with Crippen molar-refractivity contribution < 1.29 is 23.9 Å². The summed E-state index contributed by atoms with van der Waals surface area (Å²) in [7, 11) is 1.28. The van der Waals surface area contributed by atoms with Crippen molar-refractivity contribution in [1.82, 2.24) is 0 Å². The molecule has 1 saturated heterocycles. The summed E-state index contributed by atoms with van der Waals surface area (Å²) in [4.78, 5) is 36.3. The fourth-order valence-corrected chi connectivity index (χ4v) is 2.79. The average Bonchev–Trinajstić information content (AvgIpc) is 3.23. The summed E-state index contributed by atoms with van der Waals surface area (Å²) in [6, 6.07) is 13.1. The minimum absolute atomic E-state index is 0.184. The van der Waals surface area contributed by atoms with Crippen LogP contribution >= 0.6 is 0 Å². The van der Waals surface area contributed by atoms with Crippen molar-refractivity contribution in [2.24, 2.45) is 0 Å². The predicted molar refractivity (Wildman–Crippen MR) is 99.8 cm³/mol. The van der Waals surface area contributed by atoms with Gasteiger partial charge in [-0.1, -0.05) is 12.1 Å². The quantitative estimate of drug-likeness (QED) is 0.792. The van der Waals surface area contributed by atoms with Gasteiger partial charge in [-0.3, -0.25) is 9.59 Å². The summed E-state index contributed by atoms with van der Waals surface area (Å²) in [5.41, 5.74) is 1.62. The summed E-state index contributed by atoms with van der Waals surface area (Å²) in [5.74, 6) is -1.09. The van der Waals surface area contributed by atoms with Gasteiger partial charge in [-0.25, -0.2) is 4.79 Å². The van der Waals surface area contributed by atoms with Gasteiger partial charge >= 0.3 is 5.97 Å². The summed E-state index contributed by atoms with van der Waals surface area (Å²) < 4.78 is 10.1. The van der Waals surface area contributed by atoms with E-state index in [2.05, 4.69) is 10.6 Å². The van der Waals surface area contributed by atoms with Crippen molar-refractivity contribution in [3.63, 3.8) is 0 Å². The highest BCUT2D eigenvalue weighted by Gasteiger charge is 2.23. The summed E-state index contributed by atoms with van der Waals surface area (Å²) in [5, 5.41) is 5.47. The van der Waals surface area contributed by atoms with E-state index in [4.69, 9.17) is 9.47 Å². The van der Waals surface area contributed by atoms with Gasteiger partial charge in [0.2, 0.25) is 0 Å². The smallest absolute Gasteiger partial charge is 0.339 e. The number of rotatable bonds is 5. The fraction of sp³-hybridized carbons (Fsp3) is 0.250. The Morgan fingerprint density at radius 2 is 1.78 bits per heavy atom. The van der Waals surface area contributed by atoms with Crippen LogP contribution in [-0.2, 0) is 14.3 Å². The molecule has 2 amide bonds. The van der Waals surface area contributed by atoms with Crippen LogP contribution < -0.4 is 10.6 Å². The van der Waals surface area contributed by atoms with Crippen LogP contribution in [0.2, 0.25) is 0 Å². The number of anilines is 2. The van der Waals surface area contributed by atoms with Gasteiger partial charge < -0.3 is 20.1 Å². The molecule has 2 aromatic rings. The second-order valence-corrected chi connectivity index (χ2v) is 6.06. The molecule has 0 radical (unpaired) electrons. The minimum Gasteiger partial charge on any atom is -0.465 e. The molecule has 1 fully saturated rings. The molecule has 7 nitrogen and oxygen atoms in total. The normalized spacial score (nSPS) is 15.8. The van der Waals surface area contributed by atoms with Crippen molar-refractivity contribution >= 4 is 29.2 Å². The highest BCUT2D eigenvalue weighted by molar-refractivity contribution is 6.08. The lowest BCUT2D eigenvalue weighted by molar-refractivity contribution is -0.124. The van der Waals surface area contributed by atoms with Gasteiger partial charge in [0.1, 0.15) is 6.10 Å². The van der Waals surface area contributed by atoms with Crippen LogP contribution in [0.15, 0.2) is 48.5 Å². The lowest BCUT2D eigenvalue weighted by Crippen LogP contribution is -2.26. The molecule has 140 valence electrons. The van der Waals surface area contributed by atoms with Gasteiger partial charge in [0.15, 0.2) is 0 Å². The fourth-order valence-electron chi connectivity index (χ4n) is 2.79. The van der Waals surface area contributed by atoms with Crippen LogP contribution in [0.5, 0.6) is 0 Å². The number of ether oxygens (including phenoxy) is 2. The molecule has 7 heteroatoms. The van der Waals surface area contributed by atoms with E-state index < -0.39 is 12.1 Å². The van der Waals surface area contributed by atoms with Crippen molar-refractivity contribution in [3.8, 4) is 0 Å². The standard InChI is InChI=1S/C20H20N2O5/c1-26-20(25)15-5-2-3-6-16(15)22-18(23)13-8-10-14(11-9-13)21-19(24)17-7-4-12-27-17/h2-3,5-6,8-11,17H,4,7,12H2,1H3,(H,21,24)(H,22,23)/t17-/m0/s1. The zero-order chi connectivity index (χ0) is 19.2. The molecule has 0 saturated carbocycles. The molecule has 3 rings (SSSR count). The van der Waals surface area contributed by atoms with Crippen molar-refractivity contribution in [2.75, 3.05) is 24.4 Å². The number of methoxy groups -OCH3 is 1. The molecule has 0 spiro atoms. The number of para-hydroxylation sites is 1. The molecule has 27 heavy (non-hydrogen) atoms. The van der Waals surface area contributed by atoms with Crippen LogP contribution in [0.3, 0.4) is 0 Å². The first kappa shape index (κ1) is 18.6. The molecule has 1 aliphatic heterocycles. The van der Waals surface area contributed by atoms with Gasteiger partial charge in [0, 0.05) is 17.9 Å². The van der Waals surface area contributed by atoms with E-state index in [1.54, 1.807) is 48.5 Å². The van der Waals surface area contributed by atoms with Crippen LogP contribution in [0, 0.1) is 0 Å². The average molecular weight is 368 g/mol. The predicted octanol–water partition coefficient (Wildman–Crippen LogP) is 2.84. The van der Waals surface area contributed by atoms with E-state index in [9.17, 15) is 14.4 Å². The third-order valence-electron chi connectivity index (χ3n) is 4.22. The highest BCUT2D eigenvalue weighted by atomic mass is 16.5. The van der Waals surface area contributed by atoms with E-state index >= 15 is 0 Å². The van der Waals surface area contributed by atoms with E-state index in [0.29, 0.717) is 30.0 Å². The largest absolute Gasteiger partial charge is 0.465 e. The van der Waals surface area contributed by atoms with Crippen LogP contribution in [0.4, 0.5) is 11.4 Å². The first-order chi connectivity index (χ1) is 13.1. The third-order valence-corrected chi connectivity index (χ3v) is 4.22. The number of carbonyl (C=O) groups excluding carboxylic acids is 3. The Hall–Kier alpha value is -3.19. The van der Waals surface area contributed by atoms with E-state index in [-0.39, 0.29) is 17.4 Å². The second kappa shape index (κ2) is 8.46. The Balaban J connectivity index is 1.66. The lowest BCUT2D eigenvalue weighted by Gasteiger charge is -2.12. The third kappa shape index (κ3) is 4.51. The number of benzene rings is 2. The van der Waals surface area contributed by atoms with Crippen LogP contribution in [0.1, 0.15) is 33.6 Å². The van der Waals surface area contributed by atoms with Crippen molar-refractivity contribution in [2.45, 2.75) is 18.9 Å². The Labute approximate surface area is 156 Å². The summed E-state index contributed by atoms with van der Waals surface area (Å²) in [6.45, 7) is 0.601. The zero-order valence-corrected chi connectivity index (χ0v) is 14.9. The van der Waals surface area contributed by atoms with Gasteiger partial charge in [-0.15, -0.1) is 0 Å². The topological polar surface area (TPSA) is 93.7 Å². The number of carbonyl (C=O) groups is 3. The second-order valence-electron chi connectivity index (χ2n) is 6.06. The molecule has 2 N–H and O–H groups in total. The van der Waals surface area contributed by atoms with Crippen LogP contribution in [-0.4, -0.2) is 37.6 Å². The summed E-state index contributed by atoms with van der Waals surface area (Å²) >= 11 is 0. The van der Waals surface area contributed by atoms with Crippen LogP contribution in [0.25, 0.3) is 0 Å². The number of amides is 2. The first-order valence-corrected chi connectivity index (χ1v) is 8.59. The minimum atomic E-state index is -0.530. The van der Waals surface area contributed by atoms with Gasteiger partial charge in [0.25, 0.3) is 11.8 Å². The highest BCUT2D eigenvalue weighted by Crippen LogP contribution is 2.19. The van der Waals surface area contributed by atoms with Gasteiger partial charge in [-0.05, 0) is 49.2 Å².